The van der Waals surface area contributed by atoms with Crippen molar-refractivity contribution in [2.75, 3.05) is 6.61 Å². The van der Waals surface area contributed by atoms with E-state index in [2.05, 4.69) is 0 Å². The Labute approximate surface area is 47.6 Å². The van der Waals surface area contributed by atoms with E-state index in [9.17, 15) is 4.79 Å². The van der Waals surface area contributed by atoms with Crippen molar-refractivity contribution in [1.82, 2.24) is 5.43 Å². The normalized spacial score (nSPS) is 12.9. The number of hydrazine groups is 1. The summed E-state index contributed by atoms with van der Waals surface area (Å²) in [6.45, 7) is 1.42. The Morgan fingerprint density at radius 2 is 2.50 bits per heavy atom. The number of nitrogens with two attached hydrogens (primary N) is 1. The summed E-state index contributed by atoms with van der Waals surface area (Å²) in [5.74, 6) is 3.99. The molecule has 0 bridgehead atoms. The van der Waals surface area contributed by atoms with Crippen LogP contribution < -0.4 is 11.3 Å². The highest BCUT2D eigenvalue weighted by atomic mass is 16.3. The average Bonchev–Trinajstić information content (AvgIpc) is 1.84. The van der Waals surface area contributed by atoms with Gasteiger partial charge in [-0.2, -0.15) is 0 Å². The topological polar surface area (TPSA) is 75.3 Å². The van der Waals surface area contributed by atoms with E-state index in [1.54, 1.807) is 6.92 Å². The van der Waals surface area contributed by atoms with Crippen molar-refractivity contribution in [3.8, 4) is 0 Å². The molecule has 4 nitrogen and oxygen atoms in total. The Kier molecular flexibility index (Phi) is 3.14. The fourth-order valence-corrected chi connectivity index (χ4v) is 0.225. The van der Waals surface area contributed by atoms with E-state index in [1.165, 1.54) is 0 Å². The summed E-state index contributed by atoms with van der Waals surface area (Å²) in [6, 6.07) is 0. The molecule has 0 radical (unpaired) electrons. The Hall–Kier alpha value is -0.610. The summed E-state index contributed by atoms with van der Waals surface area (Å²) in [4.78, 5) is 10.3. The lowest BCUT2D eigenvalue weighted by molar-refractivity contribution is -0.125. The molecule has 0 aromatic rings. The third-order valence-electron chi connectivity index (χ3n) is 0.864. The van der Waals surface area contributed by atoms with Crippen LogP contribution >= 0.6 is 0 Å². The minimum atomic E-state index is -0.403. The summed E-state index contributed by atoms with van der Waals surface area (Å²) in [6.07, 6.45) is 0. The van der Waals surface area contributed by atoms with Gasteiger partial charge in [0, 0.05) is 0 Å². The third-order valence-corrected chi connectivity index (χ3v) is 0.864. The molecule has 0 aliphatic heterocycles. The fourth-order valence-electron chi connectivity index (χ4n) is 0.225. The van der Waals surface area contributed by atoms with Crippen molar-refractivity contribution in [3.05, 3.63) is 0 Å². The van der Waals surface area contributed by atoms with Gasteiger partial charge in [-0.05, 0) is 0 Å². The second-order valence-electron chi connectivity index (χ2n) is 1.59. The van der Waals surface area contributed by atoms with E-state index >= 15 is 0 Å². The van der Waals surface area contributed by atoms with Crippen LogP contribution in [-0.4, -0.2) is 17.6 Å². The molecule has 0 unspecified atom stereocenters. The molecule has 0 aromatic carbocycles. The lowest BCUT2D eigenvalue weighted by Crippen LogP contribution is -2.35. The van der Waals surface area contributed by atoms with Crippen molar-refractivity contribution >= 4 is 5.91 Å². The van der Waals surface area contributed by atoms with Crippen LogP contribution in [0.2, 0.25) is 0 Å². The average molecular weight is 118 g/mol. The van der Waals surface area contributed by atoms with Crippen LogP contribution in [0.15, 0.2) is 0 Å². The first kappa shape index (κ1) is 7.39. The number of carbonyl (C=O) groups is 1. The molecule has 0 spiro atoms. The molecule has 0 saturated heterocycles. The molecule has 48 valence electrons. The van der Waals surface area contributed by atoms with Crippen LogP contribution in [0.4, 0.5) is 0 Å². The van der Waals surface area contributed by atoms with Crippen LogP contribution in [0, 0.1) is 5.92 Å². The Balaban J connectivity index is 3.46. The van der Waals surface area contributed by atoms with Crippen molar-refractivity contribution in [2.24, 2.45) is 11.8 Å². The van der Waals surface area contributed by atoms with E-state index < -0.39 is 5.92 Å². The number of rotatable bonds is 2. The highest BCUT2D eigenvalue weighted by Gasteiger charge is 2.07. The SMILES string of the molecule is C[C@@H](CO)C(=O)NN. The van der Waals surface area contributed by atoms with Crippen LogP contribution in [0.25, 0.3) is 0 Å². The molecule has 1 amide bonds. The van der Waals surface area contributed by atoms with E-state index in [-0.39, 0.29) is 12.5 Å². The van der Waals surface area contributed by atoms with Crippen LogP contribution in [0.1, 0.15) is 6.92 Å². The molecule has 4 heteroatoms. The lowest BCUT2D eigenvalue weighted by atomic mass is 10.2. The van der Waals surface area contributed by atoms with Gasteiger partial charge in [-0.1, -0.05) is 6.92 Å². The zero-order valence-electron chi connectivity index (χ0n) is 4.72. The highest BCUT2D eigenvalue weighted by molar-refractivity contribution is 5.77. The van der Waals surface area contributed by atoms with Crippen LogP contribution in [-0.2, 0) is 4.79 Å². The van der Waals surface area contributed by atoms with Gasteiger partial charge in [0.05, 0.1) is 12.5 Å². The molecule has 0 rings (SSSR count). The minimum absolute atomic E-state index is 0.164. The summed E-state index contributed by atoms with van der Waals surface area (Å²) in [5, 5.41) is 8.32. The fraction of sp³-hybridized carbons (Fsp3) is 0.750. The maximum absolute atomic E-state index is 10.3. The number of amides is 1. The van der Waals surface area contributed by atoms with Gasteiger partial charge in [0.25, 0.3) is 0 Å². The third kappa shape index (κ3) is 1.90. The van der Waals surface area contributed by atoms with Crippen molar-refractivity contribution in [1.29, 1.82) is 0 Å². The second kappa shape index (κ2) is 3.40. The van der Waals surface area contributed by atoms with Gasteiger partial charge in [0.15, 0.2) is 0 Å². The largest absolute Gasteiger partial charge is 0.396 e. The van der Waals surface area contributed by atoms with Gasteiger partial charge >= 0.3 is 0 Å². The minimum Gasteiger partial charge on any atom is -0.396 e. The molecular formula is C4H10N2O2. The van der Waals surface area contributed by atoms with E-state index in [0.717, 1.165) is 0 Å². The second-order valence-corrected chi connectivity index (χ2v) is 1.59. The van der Waals surface area contributed by atoms with E-state index in [0.29, 0.717) is 0 Å². The molecule has 4 N–H and O–H groups in total. The van der Waals surface area contributed by atoms with Crippen LogP contribution in [0.5, 0.6) is 0 Å². The van der Waals surface area contributed by atoms with Gasteiger partial charge in [-0.25, -0.2) is 5.84 Å². The zero-order chi connectivity index (χ0) is 6.57. The molecule has 0 aromatic heterocycles. The first-order valence-corrected chi connectivity index (χ1v) is 2.33. The van der Waals surface area contributed by atoms with Crippen molar-refractivity contribution in [2.45, 2.75) is 6.92 Å². The number of hydrogen-bond donors (Lipinski definition) is 3. The molecule has 0 heterocycles. The molecular weight excluding hydrogens is 108 g/mol. The number of aliphatic hydroxyl groups is 1. The van der Waals surface area contributed by atoms with E-state index in [4.69, 9.17) is 10.9 Å². The van der Waals surface area contributed by atoms with Gasteiger partial charge in [-0.15, -0.1) is 0 Å². The molecule has 0 saturated carbocycles. The summed E-state index contributed by atoms with van der Waals surface area (Å²) in [5.41, 5.74) is 1.92. The first-order chi connectivity index (χ1) is 3.72. The maximum atomic E-state index is 10.3. The van der Waals surface area contributed by atoms with E-state index in [1.807, 2.05) is 5.43 Å². The monoisotopic (exact) mass is 118 g/mol. The van der Waals surface area contributed by atoms with Crippen LogP contribution in [0.3, 0.4) is 0 Å². The zero-order valence-corrected chi connectivity index (χ0v) is 4.72. The molecule has 0 fully saturated rings. The molecule has 1 atom stereocenters. The summed E-state index contributed by atoms with van der Waals surface area (Å²) < 4.78 is 0. The van der Waals surface area contributed by atoms with Gasteiger partial charge in [0.2, 0.25) is 5.91 Å². The van der Waals surface area contributed by atoms with Crippen molar-refractivity contribution < 1.29 is 9.90 Å². The quantitative estimate of drug-likeness (QED) is 0.237. The lowest BCUT2D eigenvalue weighted by Gasteiger charge is -2.02. The van der Waals surface area contributed by atoms with Gasteiger partial charge in [0.1, 0.15) is 0 Å². The maximum Gasteiger partial charge on any atom is 0.239 e. The van der Waals surface area contributed by atoms with Gasteiger partial charge < -0.3 is 5.11 Å². The first-order valence-electron chi connectivity index (χ1n) is 2.33. The highest BCUT2D eigenvalue weighted by Crippen LogP contribution is 1.88. The smallest absolute Gasteiger partial charge is 0.239 e. The Bertz CT molecular complexity index is 84.1. The number of nitrogens with one attached hydrogen (secondary N) is 1. The Morgan fingerprint density at radius 1 is 2.00 bits per heavy atom. The summed E-state index contributed by atoms with van der Waals surface area (Å²) >= 11 is 0. The predicted octanol–water partition coefficient (Wildman–Crippen LogP) is -1.40. The Morgan fingerprint density at radius 3 is 2.62 bits per heavy atom. The molecule has 0 aliphatic rings. The number of hydrogen-bond acceptors (Lipinski definition) is 3. The predicted molar refractivity (Wildman–Crippen MR) is 28.6 cm³/mol. The molecule has 0 aliphatic carbocycles. The summed E-state index contributed by atoms with van der Waals surface area (Å²) in [7, 11) is 0. The number of carbonyl (C=O) groups excluding carboxylic acids is 1. The molecule has 8 heavy (non-hydrogen) atoms. The van der Waals surface area contributed by atoms with Crippen molar-refractivity contribution in [3.63, 3.8) is 0 Å². The number of aliphatic hydroxyl groups excluding tert-OH is 1. The van der Waals surface area contributed by atoms with Gasteiger partial charge in [-0.3, -0.25) is 10.2 Å². The standard InChI is InChI=1S/C4H10N2O2/c1-3(2-7)4(8)6-5/h3,7H,2,5H2,1H3,(H,6,8)/t3-/m0/s1.